The highest BCUT2D eigenvalue weighted by Gasteiger charge is 2.39. The molecular formula is C25H22Cl2N4O2S. The summed E-state index contributed by atoms with van der Waals surface area (Å²) in [5, 5.41) is 3.64. The van der Waals surface area contributed by atoms with Gasteiger partial charge < -0.3 is 5.32 Å². The number of amidine groups is 1. The van der Waals surface area contributed by atoms with Crippen LogP contribution in [0.4, 0.5) is 11.4 Å². The number of para-hydroxylation sites is 1. The third kappa shape index (κ3) is 5.60. The van der Waals surface area contributed by atoms with Gasteiger partial charge >= 0.3 is 0 Å². The average molecular weight is 513 g/mol. The van der Waals surface area contributed by atoms with Crippen LogP contribution in [0.1, 0.15) is 23.2 Å². The van der Waals surface area contributed by atoms with Crippen molar-refractivity contribution in [1.82, 2.24) is 9.88 Å². The number of benzene rings is 2. The summed E-state index contributed by atoms with van der Waals surface area (Å²) in [6.07, 6.45) is 1.70. The van der Waals surface area contributed by atoms with Crippen molar-refractivity contribution in [3.63, 3.8) is 0 Å². The molecule has 2 amide bonds. The summed E-state index contributed by atoms with van der Waals surface area (Å²) in [6, 6.07) is 16.4. The molecule has 1 atom stereocenters. The Kier molecular flexibility index (Phi) is 7.56. The SMILES string of the molecule is Cc1cccc(C)c1NC(=O)C[C@H]1SC(=Nc2ccc(Cl)c(Cl)c2)N(Cc2ccccn2)C1=O. The maximum atomic E-state index is 13.3. The molecule has 1 fully saturated rings. The van der Waals surface area contributed by atoms with Crippen molar-refractivity contribution in [2.75, 3.05) is 5.32 Å². The van der Waals surface area contributed by atoms with E-state index in [4.69, 9.17) is 23.2 Å². The van der Waals surface area contributed by atoms with Gasteiger partial charge in [-0.25, -0.2) is 4.99 Å². The van der Waals surface area contributed by atoms with Gasteiger partial charge in [-0.15, -0.1) is 0 Å². The van der Waals surface area contributed by atoms with Gasteiger partial charge in [0.05, 0.1) is 28.0 Å². The number of rotatable bonds is 6. The van der Waals surface area contributed by atoms with Crippen LogP contribution in [-0.4, -0.2) is 32.1 Å². The number of carbonyl (C=O) groups excluding carboxylic acids is 2. The number of pyridine rings is 1. The quantitative estimate of drug-likeness (QED) is 0.428. The summed E-state index contributed by atoms with van der Waals surface area (Å²) in [6.45, 7) is 4.13. The molecule has 0 saturated carbocycles. The van der Waals surface area contributed by atoms with Gasteiger partial charge in [0.1, 0.15) is 5.25 Å². The van der Waals surface area contributed by atoms with Crippen LogP contribution in [0.15, 0.2) is 65.8 Å². The lowest BCUT2D eigenvalue weighted by Crippen LogP contribution is -2.33. The van der Waals surface area contributed by atoms with E-state index in [-0.39, 0.29) is 24.8 Å². The maximum Gasteiger partial charge on any atom is 0.243 e. The zero-order valence-electron chi connectivity index (χ0n) is 18.6. The number of carbonyl (C=O) groups is 2. The van der Waals surface area contributed by atoms with E-state index >= 15 is 0 Å². The lowest BCUT2D eigenvalue weighted by atomic mass is 10.1. The van der Waals surface area contributed by atoms with Crippen LogP contribution in [0.3, 0.4) is 0 Å². The van der Waals surface area contributed by atoms with Crippen molar-refractivity contribution in [1.29, 1.82) is 0 Å². The molecule has 0 aliphatic carbocycles. The van der Waals surface area contributed by atoms with Crippen molar-refractivity contribution in [2.24, 2.45) is 4.99 Å². The second-order valence-corrected chi connectivity index (χ2v) is 9.85. The Labute approximate surface area is 212 Å². The van der Waals surface area contributed by atoms with Crippen LogP contribution in [0.25, 0.3) is 0 Å². The van der Waals surface area contributed by atoms with Crippen LogP contribution in [0, 0.1) is 13.8 Å². The highest BCUT2D eigenvalue weighted by atomic mass is 35.5. The Morgan fingerprint density at radius 3 is 2.53 bits per heavy atom. The van der Waals surface area contributed by atoms with Gasteiger partial charge in [-0.2, -0.15) is 0 Å². The molecule has 1 aromatic heterocycles. The molecule has 1 aliphatic heterocycles. The van der Waals surface area contributed by atoms with E-state index in [9.17, 15) is 9.59 Å². The Bertz CT molecular complexity index is 1250. The van der Waals surface area contributed by atoms with Crippen molar-refractivity contribution >= 4 is 63.3 Å². The monoisotopic (exact) mass is 512 g/mol. The van der Waals surface area contributed by atoms with Gasteiger partial charge in [-0.3, -0.25) is 19.5 Å². The molecule has 0 radical (unpaired) electrons. The third-order valence-electron chi connectivity index (χ3n) is 5.31. The van der Waals surface area contributed by atoms with E-state index in [0.29, 0.717) is 20.9 Å². The molecule has 4 rings (SSSR count). The fourth-order valence-corrected chi connectivity index (χ4v) is 5.01. The number of nitrogens with zero attached hydrogens (tertiary/aromatic N) is 3. The number of aromatic nitrogens is 1. The Morgan fingerprint density at radius 2 is 1.85 bits per heavy atom. The number of aliphatic imine (C=N–C) groups is 1. The van der Waals surface area contributed by atoms with Gasteiger partial charge in [0.25, 0.3) is 0 Å². The zero-order chi connectivity index (χ0) is 24.2. The van der Waals surface area contributed by atoms with E-state index in [1.54, 1.807) is 29.3 Å². The molecule has 0 bridgehead atoms. The first-order valence-corrected chi connectivity index (χ1v) is 12.2. The fourth-order valence-electron chi connectivity index (χ4n) is 3.56. The molecule has 34 heavy (non-hydrogen) atoms. The molecule has 6 nitrogen and oxygen atoms in total. The van der Waals surface area contributed by atoms with E-state index in [0.717, 1.165) is 22.5 Å². The first-order valence-electron chi connectivity index (χ1n) is 10.6. The number of amides is 2. The van der Waals surface area contributed by atoms with Crippen molar-refractivity contribution in [3.8, 4) is 0 Å². The number of nitrogens with one attached hydrogen (secondary N) is 1. The highest BCUT2D eigenvalue weighted by molar-refractivity contribution is 8.15. The summed E-state index contributed by atoms with van der Waals surface area (Å²) >= 11 is 13.4. The van der Waals surface area contributed by atoms with E-state index in [1.807, 2.05) is 50.2 Å². The minimum atomic E-state index is -0.602. The smallest absolute Gasteiger partial charge is 0.243 e. The molecule has 1 N–H and O–H groups in total. The highest BCUT2D eigenvalue weighted by Crippen LogP contribution is 2.34. The molecule has 9 heteroatoms. The normalized spacial score (nSPS) is 16.8. The van der Waals surface area contributed by atoms with Gasteiger partial charge in [-0.05, 0) is 55.3 Å². The number of halogens is 2. The van der Waals surface area contributed by atoms with Crippen molar-refractivity contribution in [2.45, 2.75) is 32.1 Å². The molecule has 1 aliphatic rings. The molecule has 2 aromatic carbocycles. The van der Waals surface area contributed by atoms with Gasteiger partial charge in [-0.1, -0.05) is 59.2 Å². The molecule has 174 valence electrons. The topological polar surface area (TPSA) is 74.7 Å². The Hall–Kier alpha value is -2.87. The Balaban J connectivity index is 1.57. The second kappa shape index (κ2) is 10.6. The summed E-state index contributed by atoms with van der Waals surface area (Å²) < 4.78 is 0. The second-order valence-electron chi connectivity index (χ2n) is 7.86. The number of hydrogen-bond donors (Lipinski definition) is 1. The van der Waals surface area contributed by atoms with Crippen LogP contribution in [0.5, 0.6) is 0 Å². The maximum absolute atomic E-state index is 13.3. The van der Waals surface area contributed by atoms with Crippen molar-refractivity contribution in [3.05, 3.63) is 87.7 Å². The third-order valence-corrected chi connectivity index (χ3v) is 7.22. The van der Waals surface area contributed by atoms with Crippen molar-refractivity contribution < 1.29 is 9.59 Å². The largest absolute Gasteiger partial charge is 0.326 e. The standard InChI is InChI=1S/C25H22Cl2N4O2S/c1-15-6-5-7-16(2)23(15)30-22(32)13-21-24(33)31(14-18-8-3-4-11-28-18)25(34-21)29-17-9-10-19(26)20(27)12-17/h3-12,21H,13-14H2,1-2H3,(H,30,32)/t21-/m1/s1. The summed E-state index contributed by atoms with van der Waals surface area (Å²) in [7, 11) is 0. The molecule has 1 saturated heterocycles. The number of anilines is 1. The molecule has 0 unspecified atom stereocenters. The molecule has 0 spiro atoms. The van der Waals surface area contributed by atoms with Crippen LogP contribution < -0.4 is 5.32 Å². The molecule has 2 heterocycles. The Morgan fingerprint density at radius 1 is 1.09 bits per heavy atom. The lowest BCUT2D eigenvalue weighted by molar-refractivity contribution is -0.128. The zero-order valence-corrected chi connectivity index (χ0v) is 20.9. The summed E-state index contributed by atoms with van der Waals surface area (Å²) in [5.74, 6) is -0.414. The van der Waals surface area contributed by atoms with E-state index < -0.39 is 5.25 Å². The van der Waals surface area contributed by atoms with Crippen LogP contribution in [-0.2, 0) is 16.1 Å². The first-order chi connectivity index (χ1) is 16.3. The van der Waals surface area contributed by atoms with Gasteiger partial charge in [0.2, 0.25) is 11.8 Å². The number of aryl methyl sites for hydroxylation is 2. The minimum absolute atomic E-state index is 0.0242. The van der Waals surface area contributed by atoms with Gasteiger partial charge in [0.15, 0.2) is 5.17 Å². The molecule has 3 aromatic rings. The summed E-state index contributed by atoms with van der Waals surface area (Å²) in [4.78, 5) is 36.7. The predicted molar refractivity (Wildman–Crippen MR) is 139 cm³/mol. The number of hydrogen-bond acceptors (Lipinski definition) is 5. The lowest BCUT2D eigenvalue weighted by Gasteiger charge is -2.16. The van der Waals surface area contributed by atoms with E-state index in [2.05, 4.69) is 15.3 Å². The fraction of sp³-hybridized carbons (Fsp3) is 0.200. The van der Waals surface area contributed by atoms with Crippen LogP contribution >= 0.6 is 35.0 Å². The number of thioether (sulfide) groups is 1. The van der Waals surface area contributed by atoms with Gasteiger partial charge in [0, 0.05) is 18.3 Å². The molecular weight excluding hydrogens is 491 g/mol. The van der Waals surface area contributed by atoms with Crippen LogP contribution in [0.2, 0.25) is 10.0 Å². The van der Waals surface area contributed by atoms with E-state index in [1.165, 1.54) is 11.8 Å². The average Bonchev–Trinajstić information content (AvgIpc) is 3.08. The minimum Gasteiger partial charge on any atom is -0.326 e. The summed E-state index contributed by atoms with van der Waals surface area (Å²) in [5.41, 5.74) is 4.00. The predicted octanol–water partition coefficient (Wildman–Crippen LogP) is 6.17. The first kappa shape index (κ1) is 24.3.